The Morgan fingerprint density at radius 1 is 1.08 bits per heavy atom. The third-order valence-electron chi connectivity index (χ3n) is 4.35. The van der Waals surface area contributed by atoms with E-state index in [0.29, 0.717) is 25.4 Å². The predicted molar refractivity (Wildman–Crippen MR) is 87.3 cm³/mol. The van der Waals surface area contributed by atoms with Crippen molar-refractivity contribution in [2.45, 2.75) is 36.6 Å². The zero-order valence-electron chi connectivity index (χ0n) is 13.2. The van der Waals surface area contributed by atoms with Crippen molar-refractivity contribution in [1.29, 1.82) is 0 Å². The van der Waals surface area contributed by atoms with Crippen LogP contribution in [0.5, 0.6) is 0 Å². The molecular weight excluding hydrogens is 330 g/mol. The average Bonchev–Trinajstić information content (AvgIpc) is 3.40. The van der Waals surface area contributed by atoms with Gasteiger partial charge >= 0.3 is 0 Å². The molecule has 0 aliphatic heterocycles. The Morgan fingerprint density at radius 2 is 1.71 bits per heavy atom. The standard InChI is InChI=1S/C16H21N3O4S/c17-24(22,23)12-5-1-10(2-6-12)7-8-18-15(20)13-9-14(13)16(21)19-11-3-4-11/h1-2,5-6,11,13-14H,3-4,7-9H2,(H,18,20)(H,19,21)(H2,17,22,23). The van der Waals surface area contributed by atoms with Gasteiger partial charge < -0.3 is 10.6 Å². The number of carbonyl (C=O) groups is 2. The van der Waals surface area contributed by atoms with Gasteiger partial charge in [-0.1, -0.05) is 12.1 Å². The summed E-state index contributed by atoms with van der Waals surface area (Å²) in [5.41, 5.74) is 0.904. The number of amides is 2. The highest BCUT2D eigenvalue weighted by Gasteiger charge is 2.48. The molecule has 3 rings (SSSR count). The van der Waals surface area contributed by atoms with Gasteiger partial charge in [-0.05, 0) is 43.4 Å². The Bertz CT molecular complexity index is 741. The van der Waals surface area contributed by atoms with Crippen LogP contribution < -0.4 is 15.8 Å². The van der Waals surface area contributed by atoms with Crippen LogP contribution in [0.2, 0.25) is 0 Å². The maximum absolute atomic E-state index is 12.0. The predicted octanol–water partition coefficient (Wildman–Crippen LogP) is -0.0926. The molecule has 2 saturated carbocycles. The first-order valence-corrected chi connectivity index (χ1v) is 9.59. The molecule has 2 amide bonds. The fourth-order valence-electron chi connectivity index (χ4n) is 2.62. The summed E-state index contributed by atoms with van der Waals surface area (Å²) in [6.07, 6.45) is 3.29. The zero-order chi connectivity index (χ0) is 17.3. The van der Waals surface area contributed by atoms with Crippen LogP contribution in [0, 0.1) is 11.8 Å². The molecule has 7 nitrogen and oxygen atoms in total. The number of sulfonamides is 1. The summed E-state index contributed by atoms with van der Waals surface area (Å²) >= 11 is 0. The number of hydrogen-bond acceptors (Lipinski definition) is 4. The van der Waals surface area contributed by atoms with Gasteiger partial charge in [0.25, 0.3) is 0 Å². The molecule has 130 valence electrons. The summed E-state index contributed by atoms with van der Waals surface area (Å²) < 4.78 is 22.3. The first kappa shape index (κ1) is 16.9. The van der Waals surface area contributed by atoms with E-state index in [-0.39, 0.29) is 28.5 Å². The monoisotopic (exact) mass is 351 g/mol. The smallest absolute Gasteiger partial charge is 0.238 e. The van der Waals surface area contributed by atoms with E-state index in [1.54, 1.807) is 12.1 Å². The van der Waals surface area contributed by atoms with E-state index >= 15 is 0 Å². The number of primary sulfonamides is 1. The van der Waals surface area contributed by atoms with E-state index < -0.39 is 10.0 Å². The molecule has 2 aliphatic rings. The molecule has 24 heavy (non-hydrogen) atoms. The van der Waals surface area contributed by atoms with Gasteiger partial charge in [0, 0.05) is 12.6 Å². The van der Waals surface area contributed by atoms with E-state index in [0.717, 1.165) is 18.4 Å². The Kier molecular flexibility index (Phi) is 4.60. The SMILES string of the molecule is NS(=O)(=O)c1ccc(CCNC(=O)C2CC2C(=O)NC2CC2)cc1. The van der Waals surface area contributed by atoms with Crippen LogP contribution in [0.25, 0.3) is 0 Å². The maximum Gasteiger partial charge on any atom is 0.238 e. The Balaban J connectivity index is 1.40. The molecule has 1 aromatic carbocycles. The van der Waals surface area contributed by atoms with Crippen LogP contribution in [0.4, 0.5) is 0 Å². The number of rotatable bonds is 7. The molecule has 0 spiro atoms. The van der Waals surface area contributed by atoms with E-state index in [9.17, 15) is 18.0 Å². The van der Waals surface area contributed by atoms with Crippen molar-refractivity contribution in [3.8, 4) is 0 Å². The zero-order valence-corrected chi connectivity index (χ0v) is 14.0. The summed E-state index contributed by atoms with van der Waals surface area (Å²) in [5.74, 6) is -0.489. The number of benzene rings is 1. The lowest BCUT2D eigenvalue weighted by molar-refractivity contribution is -0.127. The maximum atomic E-state index is 12.0. The van der Waals surface area contributed by atoms with Gasteiger partial charge in [-0.2, -0.15) is 0 Å². The molecule has 2 unspecified atom stereocenters. The normalized spacial score (nSPS) is 22.7. The Morgan fingerprint density at radius 3 is 2.29 bits per heavy atom. The van der Waals surface area contributed by atoms with Crippen LogP contribution in [-0.2, 0) is 26.0 Å². The molecule has 0 aromatic heterocycles. The lowest BCUT2D eigenvalue weighted by atomic mass is 10.1. The van der Waals surface area contributed by atoms with Gasteiger partial charge in [0.05, 0.1) is 16.7 Å². The molecule has 0 heterocycles. The largest absolute Gasteiger partial charge is 0.356 e. The minimum Gasteiger partial charge on any atom is -0.356 e. The van der Waals surface area contributed by atoms with Crippen LogP contribution in [-0.4, -0.2) is 32.8 Å². The number of carbonyl (C=O) groups excluding carboxylic acids is 2. The minimum absolute atomic E-state index is 0.00349. The quantitative estimate of drug-likeness (QED) is 0.636. The number of nitrogens with two attached hydrogens (primary N) is 1. The highest BCUT2D eigenvalue weighted by Crippen LogP contribution is 2.39. The van der Waals surface area contributed by atoms with Crippen LogP contribution in [0.15, 0.2) is 29.2 Å². The molecule has 2 aliphatic carbocycles. The van der Waals surface area contributed by atoms with E-state index in [4.69, 9.17) is 5.14 Å². The number of hydrogen-bond donors (Lipinski definition) is 3. The van der Waals surface area contributed by atoms with Crippen molar-refractivity contribution in [2.24, 2.45) is 17.0 Å². The number of nitrogens with one attached hydrogen (secondary N) is 2. The third-order valence-corrected chi connectivity index (χ3v) is 5.28. The molecule has 2 fully saturated rings. The van der Waals surface area contributed by atoms with Crippen molar-refractivity contribution in [3.63, 3.8) is 0 Å². The fraction of sp³-hybridized carbons (Fsp3) is 0.500. The second-order valence-electron chi connectivity index (χ2n) is 6.46. The lowest BCUT2D eigenvalue weighted by Gasteiger charge is -2.06. The van der Waals surface area contributed by atoms with E-state index in [2.05, 4.69) is 10.6 Å². The topological polar surface area (TPSA) is 118 Å². The highest BCUT2D eigenvalue weighted by atomic mass is 32.2. The van der Waals surface area contributed by atoms with Gasteiger partial charge in [-0.15, -0.1) is 0 Å². The highest BCUT2D eigenvalue weighted by molar-refractivity contribution is 7.89. The van der Waals surface area contributed by atoms with Gasteiger partial charge in [-0.3, -0.25) is 9.59 Å². The Labute approximate surface area is 141 Å². The minimum atomic E-state index is -3.68. The van der Waals surface area contributed by atoms with Crippen LogP contribution >= 0.6 is 0 Å². The van der Waals surface area contributed by atoms with Gasteiger partial charge in [0.15, 0.2) is 0 Å². The second kappa shape index (κ2) is 6.52. The van der Waals surface area contributed by atoms with Crippen molar-refractivity contribution in [3.05, 3.63) is 29.8 Å². The summed E-state index contributed by atoms with van der Waals surface area (Å²) in [7, 11) is -3.68. The summed E-state index contributed by atoms with van der Waals surface area (Å²) in [5, 5.41) is 10.8. The molecule has 0 saturated heterocycles. The average molecular weight is 351 g/mol. The second-order valence-corrected chi connectivity index (χ2v) is 8.02. The molecule has 8 heteroatoms. The molecule has 1 aromatic rings. The first-order valence-electron chi connectivity index (χ1n) is 8.04. The van der Waals surface area contributed by atoms with E-state index in [1.165, 1.54) is 12.1 Å². The van der Waals surface area contributed by atoms with Crippen molar-refractivity contribution >= 4 is 21.8 Å². The molecule has 4 N–H and O–H groups in total. The van der Waals surface area contributed by atoms with Gasteiger partial charge in [-0.25, -0.2) is 13.6 Å². The van der Waals surface area contributed by atoms with Crippen LogP contribution in [0.3, 0.4) is 0 Å². The molecular formula is C16H21N3O4S. The van der Waals surface area contributed by atoms with Crippen LogP contribution in [0.1, 0.15) is 24.8 Å². The first-order chi connectivity index (χ1) is 11.3. The van der Waals surface area contributed by atoms with Crippen molar-refractivity contribution in [2.75, 3.05) is 6.54 Å². The summed E-state index contributed by atoms with van der Waals surface area (Å²) in [6.45, 7) is 0.445. The molecule has 0 bridgehead atoms. The molecule has 2 atom stereocenters. The molecule has 0 radical (unpaired) electrons. The van der Waals surface area contributed by atoms with E-state index in [1.807, 2.05) is 0 Å². The van der Waals surface area contributed by atoms with Gasteiger partial charge in [0.2, 0.25) is 21.8 Å². The lowest BCUT2D eigenvalue weighted by Crippen LogP contribution is -2.32. The third kappa shape index (κ3) is 4.33. The van der Waals surface area contributed by atoms with Crippen molar-refractivity contribution < 1.29 is 18.0 Å². The Hall–Kier alpha value is -1.93. The fourth-order valence-corrected chi connectivity index (χ4v) is 3.13. The summed E-state index contributed by atoms with van der Waals surface area (Å²) in [6, 6.07) is 6.57. The van der Waals surface area contributed by atoms with Crippen molar-refractivity contribution in [1.82, 2.24) is 10.6 Å². The van der Waals surface area contributed by atoms with Gasteiger partial charge in [0.1, 0.15) is 0 Å². The summed E-state index contributed by atoms with van der Waals surface area (Å²) in [4.78, 5) is 23.9.